The highest BCUT2D eigenvalue weighted by Crippen LogP contribution is 2.05. The summed E-state index contributed by atoms with van der Waals surface area (Å²) >= 11 is 0. The number of hydrogen-bond donors (Lipinski definition) is 2. The summed E-state index contributed by atoms with van der Waals surface area (Å²) < 4.78 is 4.86. The summed E-state index contributed by atoms with van der Waals surface area (Å²) in [6, 6.07) is 9.24. The number of aliphatic hydroxyl groups excluding tert-OH is 1. The van der Waals surface area contributed by atoms with Crippen LogP contribution in [0.2, 0.25) is 0 Å². The molecule has 0 aliphatic heterocycles. The van der Waals surface area contributed by atoms with Crippen molar-refractivity contribution in [2.75, 3.05) is 6.61 Å². The highest BCUT2D eigenvalue weighted by molar-refractivity contribution is 5.93. The minimum Gasteiger partial charge on any atom is -0.472 e. The SMILES string of the molecule is O=C(NCc1cccc(C#CCCO)c1)c1ccoc1. The van der Waals surface area contributed by atoms with E-state index >= 15 is 0 Å². The molecule has 2 rings (SSSR count). The van der Waals surface area contributed by atoms with Gasteiger partial charge >= 0.3 is 0 Å². The first-order valence-corrected chi connectivity index (χ1v) is 6.28. The lowest BCUT2D eigenvalue weighted by Gasteiger charge is -2.04. The summed E-state index contributed by atoms with van der Waals surface area (Å²) in [5.74, 6) is 5.66. The zero-order chi connectivity index (χ0) is 14.2. The van der Waals surface area contributed by atoms with Crippen molar-refractivity contribution in [1.29, 1.82) is 0 Å². The first kappa shape index (κ1) is 13.9. The lowest BCUT2D eigenvalue weighted by molar-refractivity contribution is 0.0950. The molecule has 0 fully saturated rings. The monoisotopic (exact) mass is 269 g/mol. The fourth-order valence-corrected chi connectivity index (χ4v) is 1.66. The average Bonchev–Trinajstić information content (AvgIpc) is 3.00. The van der Waals surface area contributed by atoms with Gasteiger partial charge in [0, 0.05) is 18.5 Å². The van der Waals surface area contributed by atoms with E-state index in [1.165, 1.54) is 12.5 Å². The molecule has 1 heterocycles. The van der Waals surface area contributed by atoms with Gasteiger partial charge in [-0.2, -0.15) is 0 Å². The van der Waals surface area contributed by atoms with Crippen LogP contribution in [0.4, 0.5) is 0 Å². The maximum Gasteiger partial charge on any atom is 0.254 e. The van der Waals surface area contributed by atoms with Crippen LogP contribution in [0.25, 0.3) is 0 Å². The van der Waals surface area contributed by atoms with Gasteiger partial charge in [-0.1, -0.05) is 24.0 Å². The van der Waals surface area contributed by atoms with Crippen LogP contribution in [0.3, 0.4) is 0 Å². The highest BCUT2D eigenvalue weighted by Gasteiger charge is 2.05. The fourth-order valence-electron chi connectivity index (χ4n) is 1.66. The Hall–Kier alpha value is -2.51. The lowest BCUT2D eigenvalue weighted by atomic mass is 10.1. The summed E-state index contributed by atoms with van der Waals surface area (Å²) in [6.07, 6.45) is 3.33. The molecule has 20 heavy (non-hydrogen) atoms. The van der Waals surface area contributed by atoms with Gasteiger partial charge in [0.2, 0.25) is 0 Å². The van der Waals surface area contributed by atoms with E-state index in [2.05, 4.69) is 17.2 Å². The third-order valence-corrected chi connectivity index (χ3v) is 2.63. The van der Waals surface area contributed by atoms with Gasteiger partial charge in [0.25, 0.3) is 5.91 Å². The van der Waals surface area contributed by atoms with E-state index < -0.39 is 0 Å². The van der Waals surface area contributed by atoms with Crippen molar-refractivity contribution in [3.05, 3.63) is 59.5 Å². The third-order valence-electron chi connectivity index (χ3n) is 2.63. The summed E-state index contributed by atoms with van der Waals surface area (Å²) in [4.78, 5) is 11.7. The summed E-state index contributed by atoms with van der Waals surface area (Å²) in [5.41, 5.74) is 2.34. The van der Waals surface area contributed by atoms with Crippen LogP contribution in [-0.4, -0.2) is 17.6 Å². The number of nitrogens with one attached hydrogen (secondary N) is 1. The molecule has 1 aromatic carbocycles. The van der Waals surface area contributed by atoms with Gasteiger partial charge in [0.15, 0.2) is 0 Å². The maximum atomic E-state index is 11.7. The van der Waals surface area contributed by atoms with Gasteiger partial charge in [-0.25, -0.2) is 0 Å². The second-order valence-electron chi connectivity index (χ2n) is 4.17. The van der Waals surface area contributed by atoms with Crippen molar-refractivity contribution < 1.29 is 14.3 Å². The molecule has 0 aliphatic rings. The Bertz CT molecular complexity index is 621. The molecule has 0 unspecified atom stereocenters. The lowest BCUT2D eigenvalue weighted by Crippen LogP contribution is -2.22. The first-order valence-electron chi connectivity index (χ1n) is 6.28. The molecule has 2 aromatic rings. The van der Waals surface area contributed by atoms with Crippen molar-refractivity contribution in [1.82, 2.24) is 5.32 Å². The number of carbonyl (C=O) groups excluding carboxylic acids is 1. The zero-order valence-corrected chi connectivity index (χ0v) is 10.9. The van der Waals surface area contributed by atoms with Crippen molar-refractivity contribution in [2.24, 2.45) is 0 Å². The number of carbonyl (C=O) groups is 1. The minimum absolute atomic E-state index is 0.0629. The second kappa shape index (κ2) is 7.17. The number of aliphatic hydroxyl groups is 1. The Kier molecular flexibility index (Phi) is 4.99. The minimum atomic E-state index is -0.171. The van der Waals surface area contributed by atoms with Crippen LogP contribution >= 0.6 is 0 Å². The van der Waals surface area contributed by atoms with Gasteiger partial charge < -0.3 is 14.8 Å². The Morgan fingerprint density at radius 1 is 1.35 bits per heavy atom. The Morgan fingerprint density at radius 2 is 2.25 bits per heavy atom. The third kappa shape index (κ3) is 4.01. The van der Waals surface area contributed by atoms with E-state index in [0.29, 0.717) is 18.5 Å². The molecular weight excluding hydrogens is 254 g/mol. The van der Waals surface area contributed by atoms with Crippen LogP contribution < -0.4 is 5.32 Å². The molecule has 0 radical (unpaired) electrons. The molecule has 2 N–H and O–H groups in total. The molecule has 4 nitrogen and oxygen atoms in total. The molecule has 1 aromatic heterocycles. The largest absolute Gasteiger partial charge is 0.472 e. The number of benzene rings is 1. The summed E-state index contributed by atoms with van der Waals surface area (Å²) in [7, 11) is 0. The van der Waals surface area contributed by atoms with Crippen LogP contribution in [0.1, 0.15) is 27.9 Å². The molecule has 0 saturated heterocycles. The normalized spacial score (nSPS) is 9.65. The van der Waals surface area contributed by atoms with Gasteiger partial charge in [0.1, 0.15) is 6.26 Å². The molecule has 0 bridgehead atoms. The number of rotatable bonds is 4. The smallest absolute Gasteiger partial charge is 0.254 e. The molecule has 0 spiro atoms. The summed E-state index contributed by atoms with van der Waals surface area (Å²) in [5, 5.41) is 11.5. The average molecular weight is 269 g/mol. The summed E-state index contributed by atoms with van der Waals surface area (Å²) in [6.45, 7) is 0.493. The Labute approximate surface area is 117 Å². The first-order chi connectivity index (χ1) is 9.79. The molecular formula is C16H15NO3. The zero-order valence-electron chi connectivity index (χ0n) is 10.9. The topological polar surface area (TPSA) is 62.5 Å². The Balaban J connectivity index is 1.95. The molecule has 102 valence electrons. The number of amides is 1. The van der Waals surface area contributed by atoms with E-state index in [-0.39, 0.29) is 12.5 Å². The molecule has 0 saturated carbocycles. The van der Waals surface area contributed by atoms with E-state index in [1.54, 1.807) is 6.07 Å². The van der Waals surface area contributed by atoms with Crippen molar-refractivity contribution in [3.8, 4) is 11.8 Å². The fraction of sp³-hybridized carbons (Fsp3) is 0.188. The van der Waals surface area contributed by atoms with Crippen molar-refractivity contribution >= 4 is 5.91 Å². The van der Waals surface area contributed by atoms with Crippen LogP contribution in [-0.2, 0) is 6.54 Å². The van der Waals surface area contributed by atoms with E-state index in [9.17, 15) is 4.79 Å². The molecule has 0 aliphatic carbocycles. The van der Waals surface area contributed by atoms with Crippen molar-refractivity contribution in [3.63, 3.8) is 0 Å². The molecule has 1 amide bonds. The Morgan fingerprint density at radius 3 is 3.00 bits per heavy atom. The molecule has 0 atom stereocenters. The van der Waals surface area contributed by atoms with Gasteiger partial charge in [-0.05, 0) is 23.8 Å². The van der Waals surface area contributed by atoms with Crippen molar-refractivity contribution in [2.45, 2.75) is 13.0 Å². The van der Waals surface area contributed by atoms with Gasteiger partial charge in [-0.3, -0.25) is 4.79 Å². The van der Waals surface area contributed by atoms with Crippen LogP contribution in [0.15, 0.2) is 47.3 Å². The maximum absolute atomic E-state index is 11.7. The number of hydrogen-bond acceptors (Lipinski definition) is 3. The van der Waals surface area contributed by atoms with Gasteiger partial charge in [-0.15, -0.1) is 0 Å². The van der Waals surface area contributed by atoms with Gasteiger partial charge in [0.05, 0.1) is 18.4 Å². The van der Waals surface area contributed by atoms with E-state index in [1.807, 2.05) is 24.3 Å². The predicted octanol–water partition coefficient (Wildman–Crippen LogP) is 1.94. The molecule has 4 heteroatoms. The van der Waals surface area contributed by atoms with Crippen LogP contribution in [0.5, 0.6) is 0 Å². The number of furan rings is 1. The second-order valence-corrected chi connectivity index (χ2v) is 4.17. The highest BCUT2D eigenvalue weighted by atomic mass is 16.3. The quantitative estimate of drug-likeness (QED) is 0.834. The van der Waals surface area contributed by atoms with E-state index in [0.717, 1.165) is 11.1 Å². The standard InChI is InChI=1S/C16H15NO3/c18-8-2-1-4-13-5-3-6-14(10-13)11-17-16(19)15-7-9-20-12-15/h3,5-7,9-10,12,18H,2,8,11H2,(H,17,19). The van der Waals surface area contributed by atoms with E-state index in [4.69, 9.17) is 9.52 Å². The van der Waals surface area contributed by atoms with Crippen LogP contribution in [0, 0.1) is 11.8 Å². The predicted molar refractivity (Wildman–Crippen MR) is 74.9 cm³/mol.